The third kappa shape index (κ3) is 4.08. The van der Waals surface area contributed by atoms with Crippen LogP contribution in [0.4, 0.5) is 0 Å². The minimum Gasteiger partial charge on any atom is -0.388 e. The van der Waals surface area contributed by atoms with Crippen LogP contribution in [0.15, 0.2) is 35.6 Å². The molecule has 4 nitrogen and oxygen atoms in total. The average molecular weight is 208 g/mol. The highest BCUT2D eigenvalue weighted by molar-refractivity contribution is 5.16. The van der Waals surface area contributed by atoms with Crippen LogP contribution in [0.1, 0.15) is 24.5 Å². The molecule has 1 atom stereocenters. The van der Waals surface area contributed by atoms with Crippen molar-refractivity contribution in [3.8, 4) is 0 Å². The van der Waals surface area contributed by atoms with Crippen molar-refractivity contribution in [3.63, 3.8) is 0 Å². The van der Waals surface area contributed by atoms with Gasteiger partial charge in [-0.05, 0) is 18.4 Å². The number of rotatable bonds is 6. The summed E-state index contributed by atoms with van der Waals surface area (Å²) in [4.78, 5) is 10.1. The summed E-state index contributed by atoms with van der Waals surface area (Å²) in [6.45, 7) is 0.577. The van der Waals surface area contributed by atoms with Crippen molar-refractivity contribution in [3.05, 3.63) is 40.8 Å². The van der Waals surface area contributed by atoms with Gasteiger partial charge in [0.05, 0.1) is 11.4 Å². The number of nitrogens with zero attached hydrogens (tertiary/aromatic N) is 2. The maximum Gasteiger partial charge on any atom is 0.0790 e. The highest BCUT2D eigenvalue weighted by Gasteiger charge is 2.06. The summed E-state index contributed by atoms with van der Waals surface area (Å²) in [5.74, 6) is 0. The topological polar surface area (TPSA) is 52.9 Å². The Morgan fingerprint density at radius 1 is 1.40 bits per heavy atom. The van der Waals surface area contributed by atoms with Crippen LogP contribution in [-0.4, -0.2) is 23.7 Å². The minimum absolute atomic E-state index is 0.453. The molecule has 1 aromatic rings. The van der Waals surface area contributed by atoms with Crippen LogP contribution in [0.3, 0.4) is 0 Å². The fourth-order valence-electron chi connectivity index (χ4n) is 1.40. The first-order chi connectivity index (χ1) is 7.24. The van der Waals surface area contributed by atoms with Crippen molar-refractivity contribution < 1.29 is 5.11 Å². The molecule has 15 heavy (non-hydrogen) atoms. The van der Waals surface area contributed by atoms with E-state index < -0.39 is 6.10 Å². The van der Waals surface area contributed by atoms with Gasteiger partial charge >= 0.3 is 0 Å². The Hall–Kier alpha value is -1.42. The summed E-state index contributed by atoms with van der Waals surface area (Å²) in [5, 5.41) is 13.9. The lowest BCUT2D eigenvalue weighted by Gasteiger charge is -2.12. The van der Waals surface area contributed by atoms with Crippen molar-refractivity contribution >= 4 is 0 Å². The van der Waals surface area contributed by atoms with Gasteiger partial charge in [0.1, 0.15) is 0 Å². The van der Waals surface area contributed by atoms with Gasteiger partial charge in [0.25, 0.3) is 0 Å². The first kappa shape index (κ1) is 11.7. The van der Waals surface area contributed by atoms with Gasteiger partial charge in [0.2, 0.25) is 0 Å². The van der Waals surface area contributed by atoms with Crippen LogP contribution in [-0.2, 0) is 0 Å². The summed E-state index contributed by atoms with van der Waals surface area (Å²) >= 11 is 0. The zero-order valence-corrected chi connectivity index (χ0v) is 8.84. The van der Waals surface area contributed by atoms with Crippen molar-refractivity contribution in [2.75, 3.05) is 13.6 Å². The number of aliphatic hydroxyl groups is 1. The second kappa shape index (κ2) is 6.14. The van der Waals surface area contributed by atoms with E-state index in [9.17, 15) is 10.0 Å². The molecule has 0 aliphatic heterocycles. The molecule has 0 bridgehead atoms. The molecule has 1 unspecified atom stereocenters. The highest BCUT2D eigenvalue weighted by Crippen LogP contribution is 2.17. The molecule has 0 spiro atoms. The van der Waals surface area contributed by atoms with E-state index in [2.05, 4.69) is 5.29 Å². The summed E-state index contributed by atoms with van der Waals surface area (Å²) in [6.07, 6.45) is 0.939. The lowest BCUT2D eigenvalue weighted by atomic mass is 10.1. The lowest BCUT2D eigenvalue weighted by Crippen LogP contribution is -2.12. The van der Waals surface area contributed by atoms with Gasteiger partial charge in [-0.1, -0.05) is 30.3 Å². The molecule has 0 saturated heterocycles. The molecule has 4 heteroatoms. The molecule has 0 aliphatic carbocycles. The summed E-state index contributed by atoms with van der Waals surface area (Å²) in [7, 11) is 1.63. The Labute approximate surface area is 89.5 Å². The predicted molar refractivity (Wildman–Crippen MR) is 59.1 cm³/mol. The van der Waals surface area contributed by atoms with E-state index >= 15 is 0 Å². The summed E-state index contributed by atoms with van der Waals surface area (Å²) in [6, 6.07) is 9.51. The second-order valence-electron chi connectivity index (χ2n) is 3.53. The maximum absolute atomic E-state index is 10.1. The standard InChI is InChI=1S/C11H16N2O2/c1-13(12-15)9-5-8-11(14)10-6-3-2-4-7-10/h2-4,6-7,11,14H,5,8-9H2,1H3. The average Bonchev–Trinajstić information content (AvgIpc) is 2.29. The number of hydrogen-bond donors (Lipinski definition) is 1. The molecule has 0 fully saturated rings. The van der Waals surface area contributed by atoms with Gasteiger partial charge in [-0.2, -0.15) is 0 Å². The minimum atomic E-state index is -0.453. The van der Waals surface area contributed by atoms with Crippen LogP contribution < -0.4 is 0 Å². The molecule has 1 aromatic carbocycles. The molecule has 0 amide bonds. The quantitative estimate of drug-likeness (QED) is 0.575. The molecule has 0 saturated carbocycles. The zero-order chi connectivity index (χ0) is 11.1. The zero-order valence-electron chi connectivity index (χ0n) is 8.84. The second-order valence-corrected chi connectivity index (χ2v) is 3.53. The van der Waals surface area contributed by atoms with E-state index in [-0.39, 0.29) is 0 Å². The van der Waals surface area contributed by atoms with Gasteiger partial charge in [-0.15, -0.1) is 4.91 Å². The highest BCUT2D eigenvalue weighted by atomic mass is 16.3. The maximum atomic E-state index is 10.1. The number of hydrogen-bond acceptors (Lipinski definition) is 3. The molecule has 82 valence electrons. The molecule has 1 N–H and O–H groups in total. The van der Waals surface area contributed by atoms with Gasteiger partial charge in [-0.25, -0.2) is 0 Å². The van der Waals surface area contributed by atoms with E-state index in [0.29, 0.717) is 13.0 Å². The predicted octanol–water partition coefficient (Wildman–Crippen LogP) is 2.11. The number of aliphatic hydroxyl groups excluding tert-OH is 1. The van der Waals surface area contributed by atoms with Crippen LogP contribution in [0.5, 0.6) is 0 Å². The molecular weight excluding hydrogens is 192 g/mol. The largest absolute Gasteiger partial charge is 0.388 e. The van der Waals surface area contributed by atoms with E-state index in [1.807, 2.05) is 30.3 Å². The van der Waals surface area contributed by atoms with E-state index in [4.69, 9.17) is 0 Å². The van der Waals surface area contributed by atoms with E-state index in [1.54, 1.807) is 7.05 Å². The monoisotopic (exact) mass is 208 g/mol. The fraction of sp³-hybridized carbons (Fsp3) is 0.455. The third-order valence-corrected chi connectivity index (χ3v) is 2.28. The van der Waals surface area contributed by atoms with Crippen LogP contribution in [0, 0.1) is 4.91 Å². The van der Waals surface area contributed by atoms with Crippen molar-refractivity contribution in [2.24, 2.45) is 5.29 Å². The van der Waals surface area contributed by atoms with Crippen LogP contribution in [0.2, 0.25) is 0 Å². The Balaban J connectivity index is 2.31. The fourth-order valence-corrected chi connectivity index (χ4v) is 1.40. The Morgan fingerprint density at radius 2 is 2.07 bits per heavy atom. The van der Waals surface area contributed by atoms with Crippen LogP contribution in [0.25, 0.3) is 0 Å². The number of nitroso groups, excluding NO2 is 1. The molecule has 0 radical (unpaired) electrons. The van der Waals surface area contributed by atoms with Gasteiger partial charge < -0.3 is 5.11 Å². The van der Waals surface area contributed by atoms with E-state index in [0.717, 1.165) is 12.0 Å². The first-order valence-electron chi connectivity index (χ1n) is 5.01. The smallest absolute Gasteiger partial charge is 0.0790 e. The molecule has 1 rings (SSSR count). The Morgan fingerprint density at radius 3 is 2.67 bits per heavy atom. The van der Waals surface area contributed by atoms with Crippen molar-refractivity contribution in [1.82, 2.24) is 5.01 Å². The van der Waals surface area contributed by atoms with Gasteiger partial charge in [0.15, 0.2) is 0 Å². The summed E-state index contributed by atoms with van der Waals surface area (Å²) < 4.78 is 0. The summed E-state index contributed by atoms with van der Waals surface area (Å²) in [5.41, 5.74) is 0.916. The van der Waals surface area contributed by atoms with E-state index in [1.165, 1.54) is 5.01 Å². The Bertz CT molecular complexity index is 290. The normalized spacial score (nSPS) is 12.1. The third-order valence-electron chi connectivity index (χ3n) is 2.28. The first-order valence-corrected chi connectivity index (χ1v) is 5.01. The van der Waals surface area contributed by atoms with Gasteiger partial charge in [-0.3, -0.25) is 5.01 Å². The number of benzene rings is 1. The molecule has 0 aliphatic rings. The SMILES string of the molecule is CN(CCCC(O)c1ccccc1)N=O. The Kier molecular flexibility index (Phi) is 4.77. The van der Waals surface area contributed by atoms with Crippen LogP contribution >= 0.6 is 0 Å². The van der Waals surface area contributed by atoms with Crippen molar-refractivity contribution in [2.45, 2.75) is 18.9 Å². The molecular formula is C11H16N2O2. The van der Waals surface area contributed by atoms with Crippen molar-refractivity contribution in [1.29, 1.82) is 0 Å². The molecule has 0 heterocycles. The van der Waals surface area contributed by atoms with Gasteiger partial charge in [0, 0.05) is 13.6 Å². The molecule has 0 aromatic heterocycles. The lowest BCUT2D eigenvalue weighted by molar-refractivity contribution is 0.158.